The van der Waals surface area contributed by atoms with Crippen molar-refractivity contribution in [3.05, 3.63) is 29.3 Å². The maximum Gasteiger partial charge on any atom is 0.188 e. The van der Waals surface area contributed by atoms with Gasteiger partial charge in [0.2, 0.25) is 0 Å². The van der Waals surface area contributed by atoms with Crippen LogP contribution in [0.1, 0.15) is 17.9 Å². The molecule has 90 valence electrons. The third kappa shape index (κ3) is 2.37. The quantitative estimate of drug-likeness (QED) is 0.758. The Labute approximate surface area is 97.6 Å². The molecule has 1 aliphatic rings. The zero-order valence-electron chi connectivity index (χ0n) is 9.24. The Kier molecular flexibility index (Phi) is 3.25. The van der Waals surface area contributed by atoms with Crippen molar-refractivity contribution >= 4 is 0 Å². The van der Waals surface area contributed by atoms with Crippen LogP contribution in [0.2, 0.25) is 0 Å². The van der Waals surface area contributed by atoms with E-state index in [1.54, 1.807) is 0 Å². The van der Waals surface area contributed by atoms with Crippen LogP contribution in [0.5, 0.6) is 5.75 Å². The van der Waals surface area contributed by atoms with Crippen LogP contribution in [0.4, 0.5) is 8.78 Å². The lowest BCUT2D eigenvalue weighted by Gasteiger charge is -2.09. The molecule has 0 aromatic heterocycles. The van der Waals surface area contributed by atoms with E-state index in [9.17, 15) is 8.78 Å². The summed E-state index contributed by atoms with van der Waals surface area (Å²) in [6, 6.07) is 4.16. The molecule has 1 saturated carbocycles. The van der Waals surface area contributed by atoms with Crippen molar-refractivity contribution in [1.29, 1.82) is 5.26 Å². The molecular weight excluding hydrogens is 228 g/mol. The second kappa shape index (κ2) is 4.68. The van der Waals surface area contributed by atoms with Gasteiger partial charge in [-0.05, 0) is 18.1 Å². The second-order valence-electron chi connectivity index (χ2n) is 3.93. The second-order valence-corrected chi connectivity index (χ2v) is 3.93. The number of hydrogen-bond acceptors (Lipinski definition) is 3. The third-order valence-corrected chi connectivity index (χ3v) is 2.74. The molecule has 17 heavy (non-hydrogen) atoms. The van der Waals surface area contributed by atoms with E-state index in [0.717, 1.165) is 6.07 Å². The van der Waals surface area contributed by atoms with Crippen LogP contribution >= 0.6 is 0 Å². The average molecular weight is 239 g/mol. The van der Waals surface area contributed by atoms with Gasteiger partial charge in [-0.3, -0.25) is 0 Å². The van der Waals surface area contributed by atoms with E-state index in [2.05, 4.69) is 10.8 Å². The summed E-state index contributed by atoms with van der Waals surface area (Å²) in [5, 5.41) is 8.70. The molecule has 0 aliphatic heterocycles. The van der Waals surface area contributed by atoms with Crippen molar-refractivity contribution in [3.63, 3.8) is 0 Å². The van der Waals surface area contributed by atoms with Gasteiger partial charge in [0.1, 0.15) is 5.82 Å². The van der Waals surface area contributed by atoms with Crippen molar-refractivity contribution in [3.8, 4) is 11.8 Å². The summed E-state index contributed by atoms with van der Waals surface area (Å²) < 4.78 is 36.5. The molecule has 0 N–H and O–H groups in total. The number of benzene rings is 1. The first-order valence-electron chi connectivity index (χ1n) is 5.17. The van der Waals surface area contributed by atoms with Crippen LogP contribution in [-0.4, -0.2) is 13.9 Å². The summed E-state index contributed by atoms with van der Waals surface area (Å²) in [6.45, 7) is -0.103. The summed E-state index contributed by atoms with van der Waals surface area (Å²) in [6.07, 6.45) is 0.614. The molecule has 1 aliphatic carbocycles. The van der Waals surface area contributed by atoms with E-state index in [1.165, 1.54) is 13.2 Å². The van der Waals surface area contributed by atoms with Gasteiger partial charge in [0.25, 0.3) is 0 Å². The maximum absolute atomic E-state index is 13.5. The standard InChI is InChI=1S/C12H11F2NO2/c1-16-6-17-12-3-9(8-2-7(8)5-15)10(13)4-11(12)14/h3-4,7-8H,2,6H2,1H3/t7-,8-/m0/s1. The maximum atomic E-state index is 13.5. The van der Waals surface area contributed by atoms with Gasteiger partial charge in [0, 0.05) is 19.1 Å². The summed E-state index contributed by atoms with van der Waals surface area (Å²) >= 11 is 0. The number of methoxy groups -OCH3 is 1. The Bertz CT molecular complexity index is 470. The van der Waals surface area contributed by atoms with Crippen molar-refractivity contribution in [2.24, 2.45) is 5.92 Å². The van der Waals surface area contributed by atoms with E-state index >= 15 is 0 Å². The Morgan fingerprint density at radius 2 is 2.18 bits per heavy atom. The van der Waals surface area contributed by atoms with Crippen LogP contribution in [0, 0.1) is 28.9 Å². The van der Waals surface area contributed by atoms with E-state index in [-0.39, 0.29) is 24.4 Å². The van der Waals surface area contributed by atoms with Gasteiger partial charge in [0.05, 0.1) is 12.0 Å². The zero-order valence-corrected chi connectivity index (χ0v) is 9.24. The first kappa shape index (κ1) is 11.8. The Morgan fingerprint density at radius 1 is 1.41 bits per heavy atom. The highest BCUT2D eigenvalue weighted by Gasteiger charge is 2.40. The van der Waals surface area contributed by atoms with Crippen LogP contribution in [0.25, 0.3) is 0 Å². The number of rotatable bonds is 4. The Morgan fingerprint density at radius 3 is 2.76 bits per heavy atom. The number of ether oxygens (including phenoxy) is 2. The van der Waals surface area contributed by atoms with Gasteiger partial charge in [0.15, 0.2) is 18.4 Å². The fourth-order valence-corrected chi connectivity index (χ4v) is 1.74. The highest BCUT2D eigenvalue weighted by atomic mass is 19.1. The van der Waals surface area contributed by atoms with Crippen LogP contribution in [0.3, 0.4) is 0 Å². The molecule has 0 spiro atoms. The topological polar surface area (TPSA) is 42.2 Å². The minimum Gasteiger partial charge on any atom is -0.464 e. The molecule has 0 unspecified atom stereocenters. The number of hydrogen-bond donors (Lipinski definition) is 0. The van der Waals surface area contributed by atoms with E-state index in [1.807, 2.05) is 0 Å². The molecule has 0 bridgehead atoms. The first-order chi connectivity index (χ1) is 8.17. The molecule has 3 nitrogen and oxygen atoms in total. The molecule has 0 heterocycles. The predicted molar refractivity (Wildman–Crippen MR) is 55.3 cm³/mol. The molecule has 1 fully saturated rings. The number of halogens is 2. The SMILES string of the molecule is COCOc1cc([C@H]2C[C@H]2C#N)c(F)cc1F. The van der Waals surface area contributed by atoms with E-state index in [4.69, 9.17) is 10.00 Å². The van der Waals surface area contributed by atoms with Gasteiger partial charge in [-0.1, -0.05) is 0 Å². The first-order valence-corrected chi connectivity index (χ1v) is 5.17. The minimum absolute atomic E-state index is 0.0492. The molecule has 2 atom stereocenters. The van der Waals surface area contributed by atoms with Crippen molar-refractivity contribution < 1.29 is 18.3 Å². The summed E-state index contributed by atoms with van der Waals surface area (Å²) in [5.74, 6) is -1.77. The number of nitrogens with zero attached hydrogens (tertiary/aromatic N) is 1. The van der Waals surface area contributed by atoms with Crippen molar-refractivity contribution in [2.45, 2.75) is 12.3 Å². The number of nitriles is 1. The molecule has 5 heteroatoms. The van der Waals surface area contributed by atoms with Gasteiger partial charge < -0.3 is 9.47 Å². The smallest absolute Gasteiger partial charge is 0.188 e. The molecule has 1 aromatic carbocycles. The van der Waals surface area contributed by atoms with Gasteiger partial charge >= 0.3 is 0 Å². The third-order valence-electron chi connectivity index (χ3n) is 2.74. The highest BCUT2D eigenvalue weighted by Crippen LogP contribution is 2.48. The summed E-state index contributed by atoms with van der Waals surface area (Å²) in [5.41, 5.74) is 0.337. The van der Waals surface area contributed by atoms with Crippen molar-refractivity contribution in [1.82, 2.24) is 0 Å². The highest BCUT2D eigenvalue weighted by molar-refractivity contribution is 5.38. The molecular formula is C12H11F2NO2. The van der Waals surface area contributed by atoms with Gasteiger partial charge in [-0.2, -0.15) is 5.26 Å². The normalized spacial score (nSPS) is 22.0. The van der Waals surface area contributed by atoms with Gasteiger partial charge in [-0.25, -0.2) is 8.78 Å². The molecule has 2 rings (SSSR count). The minimum atomic E-state index is -0.766. The lowest BCUT2D eigenvalue weighted by Crippen LogP contribution is -2.02. The summed E-state index contributed by atoms with van der Waals surface area (Å²) in [7, 11) is 1.41. The Hall–Kier alpha value is -1.67. The molecule has 0 radical (unpaired) electrons. The summed E-state index contributed by atoms with van der Waals surface area (Å²) in [4.78, 5) is 0. The van der Waals surface area contributed by atoms with Gasteiger partial charge in [-0.15, -0.1) is 0 Å². The molecule has 0 amide bonds. The fraction of sp³-hybridized carbons (Fsp3) is 0.417. The lowest BCUT2D eigenvalue weighted by molar-refractivity contribution is 0.0481. The zero-order chi connectivity index (χ0) is 12.4. The molecule has 0 saturated heterocycles. The Balaban J connectivity index is 2.24. The van der Waals surface area contributed by atoms with Crippen LogP contribution in [0.15, 0.2) is 12.1 Å². The van der Waals surface area contributed by atoms with E-state index in [0.29, 0.717) is 12.0 Å². The monoisotopic (exact) mass is 239 g/mol. The molecule has 1 aromatic rings. The average Bonchev–Trinajstić information content (AvgIpc) is 3.07. The largest absolute Gasteiger partial charge is 0.464 e. The van der Waals surface area contributed by atoms with Crippen LogP contribution < -0.4 is 4.74 Å². The van der Waals surface area contributed by atoms with Crippen LogP contribution in [-0.2, 0) is 4.74 Å². The predicted octanol–water partition coefficient (Wildman–Crippen LogP) is 2.57. The lowest BCUT2D eigenvalue weighted by atomic mass is 10.1. The fourth-order valence-electron chi connectivity index (χ4n) is 1.74. The van der Waals surface area contributed by atoms with E-state index < -0.39 is 11.6 Å². The van der Waals surface area contributed by atoms with Crippen molar-refractivity contribution in [2.75, 3.05) is 13.9 Å².